The van der Waals surface area contributed by atoms with Crippen molar-refractivity contribution in [2.75, 3.05) is 45.6 Å². The summed E-state index contributed by atoms with van der Waals surface area (Å²) < 4.78 is 0. The van der Waals surface area contributed by atoms with Gasteiger partial charge in [0.25, 0.3) is 0 Å². The van der Waals surface area contributed by atoms with Crippen molar-refractivity contribution in [1.29, 1.82) is 0 Å². The van der Waals surface area contributed by atoms with Crippen molar-refractivity contribution in [3.63, 3.8) is 0 Å². The highest BCUT2D eigenvalue weighted by Gasteiger charge is 2.21. The SMILES string of the molecule is CN1CCN(C)C(CNc2ccc(C(=O)O)cn2)C1. The summed E-state index contributed by atoms with van der Waals surface area (Å²) in [6.07, 6.45) is 1.38. The van der Waals surface area contributed by atoms with Crippen molar-refractivity contribution in [3.05, 3.63) is 23.9 Å². The number of rotatable bonds is 4. The number of pyridine rings is 1. The number of aromatic carboxylic acids is 1. The maximum atomic E-state index is 10.7. The first kappa shape index (κ1) is 13.8. The molecule has 2 N–H and O–H groups in total. The lowest BCUT2D eigenvalue weighted by molar-refractivity contribution is 0.0696. The number of anilines is 1. The average molecular weight is 264 g/mol. The predicted octanol–water partition coefficient (Wildman–Crippen LogP) is 0.438. The molecule has 104 valence electrons. The minimum Gasteiger partial charge on any atom is -0.478 e. The molecule has 1 aliphatic heterocycles. The lowest BCUT2D eigenvalue weighted by Gasteiger charge is -2.37. The number of carboxylic acid groups (broad SMARTS) is 1. The lowest BCUT2D eigenvalue weighted by Crippen LogP contribution is -2.52. The smallest absolute Gasteiger partial charge is 0.337 e. The second-order valence-electron chi connectivity index (χ2n) is 5.01. The quantitative estimate of drug-likeness (QED) is 0.822. The van der Waals surface area contributed by atoms with Crippen LogP contribution >= 0.6 is 0 Å². The van der Waals surface area contributed by atoms with E-state index in [4.69, 9.17) is 5.11 Å². The maximum absolute atomic E-state index is 10.7. The summed E-state index contributed by atoms with van der Waals surface area (Å²) in [5.74, 6) is -0.237. The second-order valence-corrected chi connectivity index (χ2v) is 5.01. The number of carboxylic acids is 1. The highest BCUT2D eigenvalue weighted by atomic mass is 16.4. The molecule has 6 nitrogen and oxygen atoms in total. The highest BCUT2D eigenvalue weighted by molar-refractivity contribution is 5.87. The summed E-state index contributed by atoms with van der Waals surface area (Å²) in [6.45, 7) is 3.99. The van der Waals surface area contributed by atoms with Crippen molar-refractivity contribution in [2.45, 2.75) is 6.04 Å². The average Bonchev–Trinajstić information content (AvgIpc) is 2.40. The van der Waals surface area contributed by atoms with E-state index in [1.54, 1.807) is 12.1 Å². The molecule has 1 fully saturated rings. The van der Waals surface area contributed by atoms with E-state index in [1.165, 1.54) is 6.20 Å². The van der Waals surface area contributed by atoms with E-state index in [2.05, 4.69) is 34.2 Å². The van der Waals surface area contributed by atoms with Crippen molar-refractivity contribution in [3.8, 4) is 0 Å². The Hall–Kier alpha value is -1.66. The zero-order valence-corrected chi connectivity index (χ0v) is 11.3. The van der Waals surface area contributed by atoms with Crippen LogP contribution in [0.25, 0.3) is 0 Å². The fraction of sp³-hybridized carbons (Fsp3) is 0.538. The molecule has 0 spiro atoms. The number of likely N-dealkylation sites (N-methyl/N-ethyl adjacent to an activating group) is 2. The standard InChI is InChI=1S/C13H20N4O2/c1-16-5-6-17(2)11(9-16)8-15-12-4-3-10(7-14-12)13(18)19/h3-4,7,11H,5-6,8-9H2,1-2H3,(H,14,15)(H,18,19). The van der Waals surface area contributed by atoms with Crippen molar-refractivity contribution >= 4 is 11.8 Å². The van der Waals surface area contributed by atoms with Gasteiger partial charge in [0.2, 0.25) is 0 Å². The summed E-state index contributed by atoms with van der Waals surface area (Å²) in [5, 5.41) is 12.1. The van der Waals surface area contributed by atoms with Gasteiger partial charge in [0.05, 0.1) is 5.56 Å². The molecule has 0 radical (unpaired) electrons. The number of hydrogen-bond acceptors (Lipinski definition) is 5. The third kappa shape index (κ3) is 3.65. The summed E-state index contributed by atoms with van der Waals surface area (Å²) in [4.78, 5) is 19.5. The minimum absolute atomic E-state index is 0.208. The second kappa shape index (κ2) is 5.99. The fourth-order valence-electron chi connectivity index (χ4n) is 2.17. The number of piperazine rings is 1. The van der Waals surface area contributed by atoms with Crippen LogP contribution in [0.15, 0.2) is 18.3 Å². The molecule has 0 saturated carbocycles. The Balaban J connectivity index is 1.89. The third-order valence-corrected chi connectivity index (χ3v) is 3.51. The highest BCUT2D eigenvalue weighted by Crippen LogP contribution is 2.09. The van der Waals surface area contributed by atoms with Gasteiger partial charge in [-0.25, -0.2) is 9.78 Å². The topological polar surface area (TPSA) is 68.7 Å². The van der Waals surface area contributed by atoms with Crippen LogP contribution in [-0.2, 0) is 0 Å². The van der Waals surface area contributed by atoms with Crippen LogP contribution in [0.1, 0.15) is 10.4 Å². The number of carbonyl (C=O) groups is 1. The Labute approximate surface area is 113 Å². The zero-order chi connectivity index (χ0) is 13.8. The molecule has 1 aromatic heterocycles. The third-order valence-electron chi connectivity index (χ3n) is 3.51. The lowest BCUT2D eigenvalue weighted by atomic mass is 10.2. The van der Waals surface area contributed by atoms with E-state index in [-0.39, 0.29) is 5.56 Å². The van der Waals surface area contributed by atoms with Gasteiger partial charge in [-0.2, -0.15) is 0 Å². The molecule has 1 unspecified atom stereocenters. The van der Waals surface area contributed by atoms with Crippen molar-refractivity contribution in [1.82, 2.24) is 14.8 Å². The number of nitrogens with zero attached hydrogens (tertiary/aromatic N) is 3. The van der Waals surface area contributed by atoms with Crippen LogP contribution in [0.2, 0.25) is 0 Å². The molecule has 1 atom stereocenters. The fourth-order valence-corrected chi connectivity index (χ4v) is 2.17. The van der Waals surface area contributed by atoms with E-state index in [0.29, 0.717) is 11.9 Å². The van der Waals surface area contributed by atoms with Gasteiger partial charge >= 0.3 is 5.97 Å². The van der Waals surface area contributed by atoms with E-state index in [9.17, 15) is 4.79 Å². The molecule has 19 heavy (non-hydrogen) atoms. The van der Waals surface area contributed by atoms with Gasteiger partial charge in [0.15, 0.2) is 0 Å². The van der Waals surface area contributed by atoms with E-state index in [0.717, 1.165) is 26.2 Å². The Kier molecular flexibility index (Phi) is 4.34. The summed E-state index contributed by atoms with van der Waals surface area (Å²) in [6, 6.07) is 3.71. The number of nitrogens with one attached hydrogen (secondary N) is 1. The van der Waals surface area contributed by atoms with E-state index >= 15 is 0 Å². The zero-order valence-electron chi connectivity index (χ0n) is 11.3. The molecule has 0 aromatic carbocycles. The van der Waals surface area contributed by atoms with Gasteiger partial charge in [0.1, 0.15) is 5.82 Å². The van der Waals surface area contributed by atoms with Crippen LogP contribution in [0.3, 0.4) is 0 Å². The Morgan fingerprint density at radius 2 is 2.26 bits per heavy atom. The Bertz CT molecular complexity index is 435. The summed E-state index contributed by atoms with van der Waals surface area (Å²) >= 11 is 0. The van der Waals surface area contributed by atoms with Gasteiger partial charge in [0, 0.05) is 38.4 Å². The molecule has 6 heteroatoms. The van der Waals surface area contributed by atoms with E-state index in [1.807, 2.05) is 0 Å². The Morgan fingerprint density at radius 3 is 2.89 bits per heavy atom. The first-order valence-electron chi connectivity index (χ1n) is 6.38. The first-order chi connectivity index (χ1) is 9.06. The molecule has 2 heterocycles. The van der Waals surface area contributed by atoms with Gasteiger partial charge in [-0.05, 0) is 26.2 Å². The maximum Gasteiger partial charge on any atom is 0.337 e. The monoisotopic (exact) mass is 264 g/mol. The molecule has 0 aliphatic carbocycles. The minimum atomic E-state index is -0.951. The molecule has 1 aromatic rings. The van der Waals surface area contributed by atoms with Gasteiger partial charge in [-0.1, -0.05) is 0 Å². The summed E-state index contributed by atoms with van der Waals surface area (Å²) in [5.41, 5.74) is 0.208. The predicted molar refractivity (Wildman–Crippen MR) is 73.6 cm³/mol. The van der Waals surface area contributed by atoms with Crippen molar-refractivity contribution < 1.29 is 9.90 Å². The molecular formula is C13H20N4O2. The summed E-state index contributed by atoms with van der Waals surface area (Å²) in [7, 11) is 4.25. The van der Waals surface area contributed by atoms with Gasteiger partial charge in [-0.15, -0.1) is 0 Å². The molecule has 0 amide bonds. The number of hydrogen-bond donors (Lipinski definition) is 2. The van der Waals surface area contributed by atoms with Crippen LogP contribution in [0, 0.1) is 0 Å². The molecule has 2 rings (SSSR count). The molecule has 1 saturated heterocycles. The number of aromatic nitrogens is 1. The van der Waals surface area contributed by atoms with Crippen molar-refractivity contribution in [2.24, 2.45) is 0 Å². The molecule has 1 aliphatic rings. The van der Waals surface area contributed by atoms with Crippen LogP contribution in [0.5, 0.6) is 0 Å². The molecular weight excluding hydrogens is 244 g/mol. The van der Waals surface area contributed by atoms with E-state index < -0.39 is 5.97 Å². The first-order valence-corrected chi connectivity index (χ1v) is 6.38. The van der Waals surface area contributed by atoms with Gasteiger partial charge in [-0.3, -0.25) is 4.90 Å². The molecule has 0 bridgehead atoms. The normalized spacial score (nSPS) is 21.3. The van der Waals surface area contributed by atoms with Crippen LogP contribution in [-0.4, -0.2) is 72.2 Å². The Morgan fingerprint density at radius 1 is 1.47 bits per heavy atom. The van der Waals surface area contributed by atoms with Crippen LogP contribution in [0.4, 0.5) is 5.82 Å². The largest absolute Gasteiger partial charge is 0.478 e. The van der Waals surface area contributed by atoms with Crippen LogP contribution < -0.4 is 5.32 Å². The van der Waals surface area contributed by atoms with Gasteiger partial charge < -0.3 is 15.3 Å².